The molecule has 0 aromatic heterocycles. The molecule has 3 rings (SSSR count). The maximum atomic E-state index is 5.82. The monoisotopic (exact) mass is 227 g/mol. The molecule has 0 fully saturated rings. The second-order valence-corrected chi connectivity index (χ2v) is 5.34. The Morgan fingerprint density at radius 2 is 1.69 bits per heavy atom. The highest BCUT2D eigenvalue weighted by Gasteiger charge is 2.15. The predicted octanol–water partition coefficient (Wildman–Crippen LogP) is 3.63. The molecule has 0 spiro atoms. The molecule has 1 aliphatic rings. The lowest BCUT2D eigenvalue weighted by molar-refractivity contribution is 1.05. The van der Waals surface area contributed by atoms with E-state index in [2.05, 4.69) is 37.3 Å². The van der Waals surface area contributed by atoms with Crippen molar-refractivity contribution in [3.8, 4) is 0 Å². The van der Waals surface area contributed by atoms with Crippen molar-refractivity contribution in [3.63, 3.8) is 0 Å². The van der Waals surface area contributed by atoms with Crippen molar-refractivity contribution in [3.05, 3.63) is 53.1 Å². The van der Waals surface area contributed by atoms with Crippen LogP contribution in [0.5, 0.6) is 0 Å². The maximum Gasteiger partial charge on any atom is 0.0317 e. The molecular weight excluding hydrogens is 214 g/mol. The Morgan fingerprint density at radius 3 is 2.50 bits per heavy atom. The second kappa shape index (κ2) is 3.56. The molecule has 0 saturated heterocycles. The van der Waals surface area contributed by atoms with Gasteiger partial charge in [0.05, 0.1) is 0 Å². The molecule has 0 amide bonds. The van der Waals surface area contributed by atoms with Crippen LogP contribution in [0.1, 0.15) is 16.7 Å². The largest absolute Gasteiger partial charge is 0.399 e. The van der Waals surface area contributed by atoms with Crippen molar-refractivity contribution in [2.45, 2.75) is 23.1 Å². The van der Waals surface area contributed by atoms with Crippen molar-refractivity contribution in [2.75, 3.05) is 5.73 Å². The molecule has 0 radical (unpaired) electrons. The van der Waals surface area contributed by atoms with E-state index in [1.165, 1.54) is 26.5 Å². The number of fused-ring (bicyclic) bond motifs is 2. The predicted molar refractivity (Wildman–Crippen MR) is 69.0 cm³/mol. The van der Waals surface area contributed by atoms with Crippen molar-refractivity contribution in [1.82, 2.24) is 0 Å². The molecule has 16 heavy (non-hydrogen) atoms. The fourth-order valence-corrected chi connectivity index (χ4v) is 3.14. The van der Waals surface area contributed by atoms with Crippen molar-refractivity contribution < 1.29 is 0 Å². The number of aryl methyl sites for hydroxylation is 1. The zero-order chi connectivity index (χ0) is 11.1. The van der Waals surface area contributed by atoms with Gasteiger partial charge >= 0.3 is 0 Å². The van der Waals surface area contributed by atoms with Gasteiger partial charge in [0.15, 0.2) is 0 Å². The molecule has 0 atom stereocenters. The average molecular weight is 227 g/mol. The number of rotatable bonds is 0. The first-order valence-electron chi connectivity index (χ1n) is 5.38. The van der Waals surface area contributed by atoms with Gasteiger partial charge in [0, 0.05) is 15.5 Å². The van der Waals surface area contributed by atoms with Gasteiger partial charge in [-0.15, -0.1) is 0 Å². The molecule has 0 bridgehead atoms. The van der Waals surface area contributed by atoms with Crippen molar-refractivity contribution in [1.29, 1.82) is 0 Å². The normalized spacial score (nSPS) is 13.1. The molecule has 1 aliphatic heterocycles. The lowest BCUT2D eigenvalue weighted by atomic mass is 10.0. The zero-order valence-corrected chi connectivity index (χ0v) is 9.97. The van der Waals surface area contributed by atoms with Crippen molar-refractivity contribution >= 4 is 17.4 Å². The summed E-state index contributed by atoms with van der Waals surface area (Å²) in [4.78, 5) is 2.72. The fourth-order valence-electron chi connectivity index (χ4n) is 2.11. The fraction of sp³-hybridized carbons (Fsp3) is 0.143. The number of hydrogen-bond acceptors (Lipinski definition) is 2. The van der Waals surface area contributed by atoms with E-state index in [-0.39, 0.29) is 0 Å². The van der Waals surface area contributed by atoms with E-state index in [1.54, 1.807) is 0 Å². The van der Waals surface area contributed by atoms with Crippen LogP contribution >= 0.6 is 11.8 Å². The van der Waals surface area contributed by atoms with E-state index in [4.69, 9.17) is 5.73 Å². The Kier molecular flexibility index (Phi) is 2.18. The van der Waals surface area contributed by atoms with Gasteiger partial charge in [0.2, 0.25) is 0 Å². The van der Waals surface area contributed by atoms with Crippen LogP contribution in [0.4, 0.5) is 5.69 Å². The molecule has 0 aliphatic carbocycles. The van der Waals surface area contributed by atoms with Gasteiger partial charge in [-0.25, -0.2) is 0 Å². The van der Waals surface area contributed by atoms with Gasteiger partial charge in [-0.3, -0.25) is 0 Å². The second-order valence-electron chi connectivity index (χ2n) is 4.26. The molecule has 2 aromatic rings. The van der Waals surface area contributed by atoms with Crippen LogP contribution in [0.3, 0.4) is 0 Å². The third-order valence-corrected chi connectivity index (χ3v) is 4.14. The van der Waals surface area contributed by atoms with Crippen LogP contribution in [-0.2, 0) is 6.42 Å². The zero-order valence-electron chi connectivity index (χ0n) is 9.16. The maximum absolute atomic E-state index is 5.82. The van der Waals surface area contributed by atoms with Crippen molar-refractivity contribution in [2.24, 2.45) is 0 Å². The molecule has 2 aromatic carbocycles. The SMILES string of the molecule is Cc1ccc2c(c1)Cc1cc(N)ccc1S2. The number of nitrogens with two attached hydrogens (primary N) is 1. The van der Waals surface area contributed by atoms with Gasteiger partial charge in [-0.05, 0) is 48.7 Å². The topological polar surface area (TPSA) is 26.0 Å². The molecule has 80 valence electrons. The smallest absolute Gasteiger partial charge is 0.0317 e. The van der Waals surface area contributed by atoms with Crippen LogP contribution in [0.25, 0.3) is 0 Å². The molecule has 2 N–H and O–H groups in total. The summed E-state index contributed by atoms with van der Waals surface area (Å²) in [6.07, 6.45) is 1.00. The minimum Gasteiger partial charge on any atom is -0.399 e. The first-order valence-corrected chi connectivity index (χ1v) is 6.20. The number of nitrogen functional groups attached to an aromatic ring is 1. The minimum absolute atomic E-state index is 0.857. The summed E-state index contributed by atoms with van der Waals surface area (Å²) in [5.74, 6) is 0. The minimum atomic E-state index is 0.857. The van der Waals surface area contributed by atoms with Crippen LogP contribution in [0.15, 0.2) is 46.2 Å². The molecular formula is C14H13NS. The van der Waals surface area contributed by atoms with Gasteiger partial charge in [-0.2, -0.15) is 0 Å². The van der Waals surface area contributed by atoms with E-state index in [0.717, 1.165) is 12.1 Å². The Morgan fingerprint density at radius 1 is 1.00 bits per heavy atom. The average Bonchev–Trinajstić information content (AvgIpc) is 2.26. The summed E-state index contributed by atoms with van der Waals surface area (Å²) in [5.41, 5.74) is 10.8. The van der Waals surface area contributed by atoms with Gasteiger partial charge in [-0.1, -0.05) is 29.5 Å². The number of benzene rings is 2. The number of anilines is 1. The lowest BCUT2D eigenvalue weighted by Crippen LogP contribution is -2.01. The Bertz CT molecular complexity index is 511. The highest BCUT2D eigenvalue weighted by molar-refractivity contribution is 7.99. The summed E-state index contributed by atoms with van der Waals surface area (Å²) >= 11 is 1.84. The van der Waals surface area contributed by atoms with E-state index >= 15 is 0 Å². The van der Waals surface area contributed by atoms with Crippen LogP contribution in [-0.4, -0.2) is 0 Å². The Hall–Kier alpha value is -1.41. The Labute approximate surface area is 99.7 Å². The third kappa shape index (κ3) is 1.59. The van der Waals surface area contributed by atoms with Crippen LogP contribution in [0, 0.1) is 6.92 Å². The molecule has 1 nitrogen and oxygen atoms in total. The van der Waals surface area contributed by atoms with E-state index in [0.29, 0.717) is 0 Å². The van der Waals surface area contributed by atoms with Gasteiger partial charge < -0.3 is 5.73 Å². The standard InChI is InChI=1S/C14H13NS/c1-9-2-4-13-10(6-9)7-11-8-12(15)3-5-14(11)16-13/h2-6,8H,7,15H2,1H3. The number of hydrogen-bond donors (Lipinski definition) is 1. The van der Waals surface area contributed by atoms with E-state index in [9.17, 15) is 0 Å². The molecule has 2 heteroatoms. The van der Waals surface area contributed by atoms with Gasteiger partial charge in [0.1, 0.15) is 0 Å². The molecule has 0 unspecified atom stereocenters. The summed E-state index contributed by atoms with van der Waals surface area (Å²) in [6, 6.07) is 12.9. The first-order chi connectivity index (χ1) is 7.72. The summed E-state index contributed by atoms with van der Waals surface area (Å²) in [5, 5.41) is 0. The highest BCUT2D eigenvalue weighted by Crippen LogP contribution is 2.40. The summed E-state index contributed by atoms with van der Waals surface area (Å²) in [6.45, 7) is 2.14. The summed E-state index contributed by atoms with van der Waals surface area (Å²) in [7, 11) is 0. The lowest BCUT2D eigenvalue weighted by Gasteiger charge is -2.19. The third-order valence-electron chi connectivity index (χ3n) is 2.90. The first kappa shape index (κ1) is 9.79. The van der Waals surface area contributed by atoms with Gasteiger partial charge in [0.25, 0.3) is 0 Å². The highest BCUT2D eigenvalue weighted by atomic mass is 32.2. The van der Waals surface area contributed by atoms with E-state index in [1.807, 2.05) is 17.8 Å². The Balaban J connectivity index is 2.10. The van der Waals surface area contributed by atoms with Crippen LogP contribution < -0.4 is 5.73 Å². The molecule has 1 heterocycles. The quantitative estimate of drug-likeness (QED) is 0.593. The van der Waals surface area contributed by atoms with E-state index < -0.39 is 0 Å². The molecule has 0 saturated carbocycles. The summed E-state index contributed by atoms with van der Waals surface area (Å²) < 4.78 is 0. The van der Waals surface area contributed by atoms with Crippen LogP contribution in [0.2, 0.25) is 0 Å².